The molecule has 0 aliphatic carbocycles. The van der Waals surface area contributed by atoms with Gasteiger partial charge in [0.25, 0.3) is 11.8 Å². The second kappa shape index (κ2) is 7.23. The number of aromatic nitrogens is 3. The van der Waals surface area contributed by atoms with Gasteiger partial charge in [-0.2, -0.15) is 0 Å². The summed E-state index contributed by atoms with van der Waals surface area (Å²) in [4.78, 5) is 37.4. The summed E-state index contributed by atoms with van der Waals surface area (Å²) >= 11 is 1.43. The van der Waals surface area contributed by atoms with E-state index in [4.69, 9.17) is 4.74 Å². The summed E-state index contributed by atoms with van der Waals surface area (Å²) in [7, 11) is 0. The lowest BCUT2D eigenvalue weighted by atomic mass is 10.1. The molecule has 0 saturated carbocycles. The van der Waals surface area contributed by atoms with Gasteiger partial charge in [-0.05, 0) is 31.9 Å². The first-order chi connectivity index (χ1) is 14.1. The van der Waals surface area contributed by atoms with Crippen LogP contribution in [0, 0.1) is 6.92 Å². The van der Waals surface area contributed by atoms with Crippen molar-refractivity contribution in [3.8, 4) is 0 Å². The molecule has 9 heteroatoms. The second-order valence-corrected chi connectivity index (χ2v) is 8.41. The van der Waals surface area contributed by atoms with Crippen LogP contribution in [0.3, 0.4) is 0 Å². The fourth-order valence-corrected chi connectivity index (χ4v) is 4.94. The van der Waals surface area contributed by atoms with E-state index < -0.39 is 0 Å². The predicted octanol–water partition coefficient (Wildman–Crippen LogP) is 2.42. The Morgan fingerprint density at radius 3 is 3.03 bits per heavy atom. The minimum absolute atomic E-state index is 0.0369. The van der Waals surface area contributed by atoms with E-state index in [0.717, 1.165) is 34.8 Å². The molecule has 3 aromatic rings. The van der Waals surface area contributed by atoms with Gasteiger partial charge in [0, 0.05) is 30.6 Å². The SMILES string of the molecule is Cc1nc2ccccn2c1C(=O)N1CCc2nc(NC(=O)C3CCCO3)sc2C1. The number of carbonyl (C=O) groups excluding carboxylic acids is 2. The Kier molecular flexibility index (Phi) is 4.56. The van der Waals surface area contributed by atoms with Crippen LogP contribution < -0.4 is 5.32 Å². The molecule has 150 valence electrons. The molecule has 2 aliphatic rings. The Morgan fingerprint density at radius 1 is 1.31 bits per heavy atom. The first-order valence-corrected chi connectivity index (χ1v) is 10.6. The molecular formula is C20H21N5O3S. The zero-order valence-electron chi connectivity index (χ0n) is 16.1. The second-order valence-electron chi connectivity index (χ2n) is 7.33. The number of rotatable bonds is 3. The third kappa shape index (κ3) is 3.30. The standard InChI is InChI=1S/C20H21N5O3S/c1-12-17(25-8-3-2-6-16(25)21-12)19(27)24-9-7-13-15(11-24)29-20(22-13)23-18(26)14-5-4-10-28-14/h2-3,6,8,14H,4-5,7,9-11H2,1H3,(H,22,23,26). The lowest BCUT2D eigenvalue weighted by molar-refractivity contribution is -0.124. The van der Waals surface area contributed by atoms with E-state index in [-0.39, 0.29) is 17.9 Å². The summed E-state index contributed by atoms with van der Waals surface area (Å²) < 4.78 is 7.27. The normalized spacial score (nSPS) is 18.8. The number of nitrogens with one attached hydrogen (secondary N) is 1. The zero-order chi connectivity index (χ0) is 20.0. The number of imidazole rings is 1. The highest BCUT2D eigenvalue weighted by Gasteiger charge is 2.29. The van der Waals surface area contributed by atoms with Crippen LogP contribution in [0.4, 0.5) is 5.13 Å². The highest BCUT2D eigenvalue weighted by Crippen LogP contribution is 2.30. The van der Waals surface area contributed by atoms with Crippen LogP contribution in [0.15, 0.2) is 24.4 Å². The maximum Gasteiger partial charge on any atom is 0.273 e. The quantitative estimate of drug-likeness (QED) is 0.715. The molecule has 3 aromatic heterocycles. The van der Waals surface area contributed by atoms with Gasteiger partial charge in [-0.15, -0.1) is 0 Å². The Balaban J connectivity index is 1.34. The van der Waals surface area contributed by atoms with Crippen LogP contribution in [0.25, 0.3) is 5.65 Å². The number of thiazole rings is 1. The van der Waals surface area contributed by atoms with Gasteiger partial charge in [0.15, 0.2) is 5.13 Å². The number of pyridine rings is 1. The molecule has 0 aromatic carbocycles. The van der Waals surface area contributed by atoms with E-state index in [2.05, 4.69) is 15.3 Å². The fourth-order valence-electron chi connectivity index (χ4n) is 3.91. The fraction of sp³-hybridized carbons (Fsp3) is 0.400. The van der Waals surface area contributed by atoms with Crippen molar-refractivity contribution in [2.24, 2.45) is 0 Å². The Hall–Kier alpha value is -2.78. The number of ether oxygens (including phenoxy) is 1. The largest absolute Gasteiger partial charge is 0.368 e. The summed E-state index contributed by atoms with van der Waals surface area (Å²) in [5, 5.41) is 3.45. The summed E-state index contributed by atoms with van der Waals surface area (Å²) in [6.07, 6.45) is 3.81. The number of nitrogens with zero attached hydrogens (tertiary/aromatic N) is 4. The Labute approximate surface area is 171 Å². The lowest BCUT2D eigenvalue weighted by Crippen LogP contribution is -2.36. The number of fused-ring (bicyclic) bond motifs is 2. The summed E-state index contributed by atoms with van der Waals surface area (Å²) in [6, 6.07) is 5.70. The van der Waals surface area contributed by atoms with E-state index in [9.17, 15) is 9.59 Å². The molecular weight excluding hydrogens is 390 g/mol. The van der Waals surface area contributed by atoms with Crippen LogP contribution in [-0.2, 0) is 22.5 Å². The minimum atomic E-state index is -0.382. The van der Waals surface area contributed by atoms with Crippen molar-refractivity contribution in [1.82, 2.24) is 19.3 Å². The van der Waals surface area contributed by atoms with Crippen molar-refractivity contribution in [3.05, 3.63) is 46.4 Å². The van der Waals surface area contributed by atoms with Crippen LogP contribution in [0.2, 0.25) is 0 Å². The van der Waals surface area contributed by atoms with Crippen molar-refractivity contribution >= 4 is 33.9 Å². The molecule has 5 rings (SSSR count). The Bertz CT molecular complexity index is 1100. The number of carbonyl (C=O) groups is 2. The van der Waals surface area contributed by atoms with Gasteiger partial charge in [-0.1, -0.05) is 17.4 Å². The van der Waals surface area contributed by atoms with E-state index >= 15 is 0 Å². The topological polar surface area (TPSA) is 88.8 Å². The molecule has 0 spiro atoms. The predicted molar refractivity (Wildman–Crippen MR) is 108 cm³/mol. The molecule has 1 saturated heterocycles. The van der Waals surface area contributed by atoms with Crippen LogP contribution in [0.5, 0.6) is 0 Å². The van der Waals surface area contributed by atoms with Gasteiger partial charge in [0.1, 0.15) is 17.4 Å². The van der Waals surface area contributed by atoms with Gasteiger partial charge in [-0.3, -0.25) is 19.3 Å². The third-order valence-corrected chi connectivity index (χ3v) is 6.38. The molecule has 0 bridgehead atoms. The average molecular weight is 411 g/mol. The van der Waals surface area contributed by atoms with Crippen molar-refractivity contribution in [2.75, 3.05) is 18.5 Å². The lowest BCUT2D eigenvalue weighted by Gasteiger charge is -2.26. The van der Waals surface area contributed by atoms with Gasteiger partial charge >= 0.3 is 0 Å². The molecule has 1 fully saturated rings. The highest BCUT2D eigenvalue weighted by molar-refractivity contribution is 7.15. The minimum Gasteiger partial charge on any atom is -0.368 e. The van der Waals surface area contributed by atoms with Gasteiger partial charge < -0.3 is 9.64 Å². The molecule has 1 atom stereocenters. The number of anilines is 1. The maximum atomic E-state index is 13.2. The summed E-state index contributed by atoms with van der Waals surface area (Å²) in [5.41, 5.74) is 3.04. The van der Waals surface area contributed by atoms with Crippen LogP contribution in [0.1, 0.15) is 39.6 Å². The molecule has 2 amide bonds. The van der Waals surface area contributed by atoms with Crippen molar-refractivity contribution in [2.45, 2.75) is 38.8 Å². The molecule has 2 aliphatic heterocycles. The van der Waals surface area contributed by atoms with E-state index in [0.29, 0.717) is 36.9 Å². The van der Waals surface area contributed by atoms with E-state index in [1.54, 1.807) is 0 Å². The number of hydrogen-bond acceptors (Lipinski definition) is 6. The van der Waals surface area contributed by atoms with Crippen LogP contribution >= 0.6 is 11.3 Å². The van der Waals surface area contributed by atoms with Crippen LogP contribution in [-0.4, -0.2) is 50.3 Å². The first kappa shape index (κ1) is 18.3. The monoisotopic (exact) mass is 411 g/mol. The number of hydrogen-bond donors (Lipinski definition) is 1. The number of amides is 2. The van der Waals surface area contributed by atoms with Gasteiger partial charge in [0.2, 0.25) is 0 Å². The molecule has 0 radical (unpaired) electrons. The summed E-state index contributed by atoms with van der Waals surface area (Å²) in [6.45, 7) is 3.57. The van der Waals surface area contributed by atoms with Gasteiger partial charge in [0.05, 0.1) is 17.9 Å². The molecule has 1 N–H and O–H groups in total. The number of aryl methyl sites for hydroxylation is 1. The van der Waals surface area contributed by atoms with Gasteiger partial charge in [-0.25, -0.2) is 9.97 Å². The third-order valence-electron chi connectivity index (χ3n) is 5.38. The molecule has 8 nitrogen and oxygen atoms in total. The van der Waals surface area contributed by atoms with Crippen molar-refractivity contribution < 1.29 is 14.3 Å². The smallest absolute Gasteiger partial charge is 0.273 e. The van der Waals surface area contributed by atoms with Crippen molar-refractivity contribution in [1.29, 1.82) is 0 Å². The van der Waals surface area contributed by atoms with E-state index in [1.165, 1.54) is 11.3 Å². The highest BCUT2D eigenvalue weighted by atomic mass is 32.1. The molecule has 29 heavy (non-hydrogen) atoms. The maximum absolute atomic E-state index is 13.2. The van der Waals surface area contributed by atoms with Crippen molar-refractivity contribution in [3.63, 3.8) is 0 Å². The average Bonchev–Trinajstić information content (AvgIpc) is 3.44. The zero-order valence-corrected chi connectivity index (χ0v) is 16.9. The first-order valence-electron chi connectivity index (χ1n) is 9.74. The molecule has 5 heterocycles. The molecule has 1 unspecified atom stereocenters. The summed E-state index contributed by atoms with van der Waals surface area (Å²) in [5.74, 6) is -0.173. The van der Waals surface area contributed by atoms with E-state index in [1.807, 2.05) is 40.6 Å². The Morgan fingerprint density at radius 2 is 2.21 bits per heavy atom.